The quantitative estimate of drug-likeness (QED) is 0.135. The Labute approximate surface area is 275 Å². The summed E-state index contributed by atoms with van der Waals surface area (Å²) in [4.78, 5) is 29.1. The second kappa shape index (κ2) is 11.5. The lowest BCUT2D eigenvalue weighted by atomic mass is 9.53. The van der Waals surface area contributed by atoms with Crippen LogP contribution in [0, 0.1) is 5.41 Å². The molecule has 3 aliphatic rings. The summed E-state index contributed by atoms with van der Waals surface area (Å²) in [5, 5.41) is 0. The van der Waals surface area contributed by atoms with E-state index in [2.05, 4.69) is 24.3 Å². The third-order valence-electron chi connectivity index (χ3n) is 9.18. The first-order valence-corrected chi connectivity index (χ1v) is 15.9. The van der Waals surface area contributed by atoms with Crippen LogP contribution in [0.5, 0.6) is 17.2 Å². The fourth-order valence-electron chi connectivity index (χ4n) is 6.89. The summed E-state index contributed by atoms with van der Waals surface area (Å²) in [6.07, 6.45) is 0. The Hall–Kier alpha value is -5.36. The second-order valence-corrected chi connectivity index (χ2v) is 13.4. The number of rotatable bonds is 7. The molecule has 8 rings (SSSR count). The molecule has 0 saturated heterocycles. The minimum Gasteiger partial charge on any atom is -0.492 e. The highest BCUT2D eigenvalue weighted by Crippen LogP contribution is 2.63. The van der Waals surface area contributed by atoms with Crippen LogP contribution in [0.25, 0.3) is 0 Å². The minimum absolute atomic E-state index is 0.217. The number of hydrogen-bond acceptors (Lipinski definition) is 6. The first-order chi connectivity index (χ1) is 22.6. The van der Waals surface area contributed by atoms with E-state index in [9.17, 15) is 9.59 Å². The zero-order chi connectivity index (χ0) is 32.9. The van der Waals surface area contributed by atoms with E-state index in [1.165, 1.54) is 0 Å². The van der Waals surface area contributed by atoms with Crippen molar-refractivity contribution in [3.05, 3.63) is 154 Å². The molecule has 6 nitrogen and oxygen atoms in total. The molecular formula is C41H37NO5. The van der Waals surface area contributed by atoms with Crippen LogP contribution >= 0.6 is 0 Å². The maximum atomic E-state index is 13.6. The molecule has 236 valence electrons. The zero-order valence-electron chi connectivity index (χ0n) is 27.2. The van der Waals surface area contributed by atoms with Crippen molar-refractivity contribution >= 4 is 17.6 Å². The van der Waals surface area contributed by atoms with E-state index in [1.807, 2.05) is 106 Å². The van der Waals surface area contributed by atoms with Crippen molar-refractivity contribution in [2.24, 2.45) is 5.41 Å². The van der Waals surface area contributed by atoms with Gasteiger partial charge in [0.05, 0.1) is 16.4 Å². The van der Waals surface area contributed by atoms with Gasteiger partial charge in [0.25, 0.3) is 0 Å². The van der Waals surface area contributed by atoms with Gasteiger partial charge in [-0.2, -0.15) is 0 Å². The Bertz CT molecular complexity index is 1940. The van der Waals surface area contributed by atoms with E-state index in [0.29, 0.717) is 22.8 Å². The number of hydrogen-bond donors (Lipinski definition) is 0. The van der Waals surface area contributed by atoms with Crippen LogP contribution in [0.3, 0.4) is 0 Å². The average Bonchev–Trinajstić information content (AvgIpc) is 3.08. The van der Waals surface area contributed by atoms with Gasteiger partial charge in [-0.05, 0) is 91.6 Å². The Morgan fingerprint density at radius 2 is 1.28 bits per heavy atom. The third kappa shape index (κ3) is 5.05. The summed E-state index contributed by atoms with van der Waals surface area (Å²) >= 11 is 0. The van der Waals surface area contributed by atoms with Gasteiger partial charge < -0.3 is 19.1 Å². The lowest BCUT2D eigenvalue weighted by molar-refractivity contribution is -0.143. The smallest absolute Gasteiger partial charge is 0.343 e. The molecule has 3 aliphatic carbocycles. The fraction of sp³-hybridized carbons (Fsp3) is 0.220. The van der Waals surface area contributed by atoms with Crippen LogP contribution in [0.1, 0.15) is 70.4 Å². The Morgan fingerprint density at radius 1 is 0.702 bits per heavy atom. The van der Waals surface area contributed by atoms with Gasteiger partial charge in [-0.15, -0.1) is 0 Å². The van der Waals surface area contributed by atoms with Crippen LogP contribution in [-0.4, -0.2) is 32.6 Å². The van der Waals surface area contributed by atoms with Crippen molar-refractivity contribution in [3.63, 3.8) is 0 Å². The van der Waals surface area contributed by atoms with Gasteiger partial charge in [-0.1, -0.05) is 66.7 Å². The zero-order valence-corrected chi connectivity index (χ0v) is 27.2. The van der Waals surface area contributed by atoms with Crippen molar-refractivity contribution in [1.82, 2.24) is 0 Å². The molecule has 5 aromatic carbocycles. The highest BCUT2D eigenvalue weighted by Gasteiger charge is 2.55. The molecule has 0 N–H and O–H groups in total. The monoisotopic (exact) mass is 623 g/mol. The number of benzene rings is 5. The summed E-state index contributed by atoms with van der Waals surface area (Å²) in [5.74, 6) is 0.510. The molecule has 0 unspecified atom stereocenters. The average molecular weight is 624 g/mol. The van der Waals surface area contributed by atoms with Gasteiger partial charge in [0, 0.05) is 36.8 Å². The number of carbonyl (C=O) groups excluding carboxylic acids is 2. The minimum atomic E-state index is -0.895. The first kappa shape index (κ1) is 30.3. The molecule has 0 radical (unpaired) electrons. The van der Waals surface area contributed by atoms with E-state index < -0.39 is 16.8 Å². The first-order valence-electron chi connectivity index (χ1n) is 15.9. The summed E-state index contributed by atoms with van der Waals surface area (Å²) in [6, 6.07) is 37.2. The summed E-state index contributed by atoms with van der Waals surface area (Å²) < 4.78 is 19.2. The van der Waals surface area contributed by atoms with Gasteiger partial charge in [0.2, 0.25) is 0 Å². The molecule has 6 heteroatoms. The van der Waals surface area contributed by atoms with E-state index in [0.717, 1.165) is 39.1 Å². The highest BCUT2D eigenvalue weighted by molar-refractivity contribution is 5.92. The predicted molar refractivity (Wildman–Crippen MR) is 183 cm³/mol. The van der Waals surface area contributed by atoms with Crippen molar-refractivity contribution in [3.8, 4) is 17.2 Å². The summed E-state index contributed by atoms with van der Waals surface area (Å²) in [6.45, 7) is 5.73. The predicted octanol–water partition coefficient (Wildman–Crippen LogP) is 8.14. The third-order valence-corrected chi connectivity index (χ3v) is 9.18. The lowest BCUT2D eigenvalue weighted by Gasteiger charge is -2.50. The van der Waals surface area contributed by atoms with Crippen LogP contribution in [0.2, 0.25) is 0 Å². The van der Waals surface area contributed by atoms with E-state index >= 15 is 0 Å². The van der Waals surface area contributed by atoms with Crippen LogP contribution < -0.4 is 19.1 Å². The number of carbonyl (C=O) groups is 2. The second-order valence-electron chi connectivity index (χ2n) is 13.4. The molecule has 0 aliphatic heterocycles. The van der Waals surface area contributed by atoms with E-state index in [-0.39, 0.29) is 18.5 Å². The van der Waals surface area contributed by atoms with Gasteiger partial charge >= 0.3 is 11.9 Å². The van der Waals surface area contributed by atoms with Gasteiger partial charge in [0.15, 0.2) is 0 Å². The van der Waals surface area contributed by atoms with Gasteiger partial charge in [-0.25, -0.2) is 4.79 Å². The van der Waals surface area contributed by atoms with E-state index in [1.54, 1.807) is 24.3 Å². The SMILES string of the molecule is CN(C)c1ccc(OCC23c4ccccc4C(c4ccccc42)c2c(OC(=O)C(C)(C)C)ccc(OC(=O)c4ccccc4)c23)cc1. The molecule has 0 amide bonds. The topological polar surface area (TPSA) is 65.1 Å². The molecule has 0 heterocycles. The van der Waals surface area contributed by atoms with Crippen molar-refractivity contribution in [2.75, 3.05) is 25.6 Å². The van der Waals surface area contributed by atoms with Crippen LogP contribution in [0.15, 0.2) is 115 Å². The molecular weight excluding hydrogens is 586 g/mol. The fourth-order valence-corrected chi connectivity index (χ4v) is 6.89. The number of ether oxygens (including phenoxy) is 3. The largest absolute Gasteiger partial charge is 0.492 e. The molecule has 0 atom stereocenters. The maximum absolute atomic E-state index is 13.6. The molecule has 0 spiro atoms. The Balaban J connectivity index is 1.47. The number of nitrogens with zero attached hydrogens (tertiary/aromatic N) is 1. The molecule has 5 aromatic rings. The Morgan fingerprint density at radius 3 is 1.87 bits per heavy atom. The number of anilines is 1. The maximum Gasteiger partial charge on any atom is 0.343 e. The van der Waals surface area contributed by atoms with Crippen molar-refractivity contribution in [2.45, 2.75) is 32.1 Å². The number of esters is 2. The summed E-state index contributed by atoms with van der Waals surface area (Å²) in [7, 11) is 4.00. The van der Waals surface area contributed by atoms with Crippen molar-refractivity contribution in [1.29, 1.82) is 0 Å². The van der Waals surface area contributed by atoms with Crippen LogP contribution in [-0.2, 0) is 10.2 Å². The standard InChI is InChI=1S/C41H37NO5/c1-40(2,3)39(44)47-33-23-24-34(46-38(43)26-13-7-6-8-14-26)37-36(33)35-29-15-9-11-17-31(29)41(37,32-18-12-10-16-30(32)35)25-45-28-21-19-27(20-22-28)42(4)5/h6-24,35H,25H2,1-5H3. The Kier molecular flexibility index (Phi) is 7.39. The molecule has 47 heavy (non-hydrogen) atoms. The van der Waals surface area contributed by atoms with Crippen LogP contribution in [0.4, 0.5) is 5.69 Å². The summed E-state index contributed by atoms with van der Waals surface area (Å²) in [5.41, 5.74) is 5.80. The van der Waals surface area contributed by atoms with E-state index in [4.69, 9.17) is 14.2 Å². The van der Waals surface area contributed by atoms with Gasteiger partial charge in [0.1, 0.15) is 23.9 Å². The van der Waals surface area contributed by atoms with Crippen molar-refractivity contribution < 1.29 is 23.8 Å². The highest BCUT2D eigenvalue weighted by atomic mass is 16.5. The normalized spacial score (nSPS) is 17.2. The molecule has 0 saturated carbocycles. The molecule has 0 fully saturated rings. The molecule has 2 bridgehead atoms. The molecule has 0 aromatic heterocycles. The van der Waals surface area contributed by atoms with Gasteiger partial charge in [-0.3, -0.25) is 4.79 Å². The lowest BCUT2D eigenvalue weighted by Crippen LogP contribution is -2.47.